The fourth-order valence-corrected chi connectivity index (χ4v) is 4.93. The summed E-state index contributed by atoms with van der Waals surface area (Å²) in [7, 11) is 0. The topological polar surface area (TPSA) is 36.9 Å². The molecule has 2 unspecified atom stereocenters. The Labute approximate surface area is 179 Å². The Morgan fingerprint density at radius 2 is 1.22 bits per heavy atom. The highest BCUT2D eigenvalue weighted by Gasteiger charge is 2.57. The van der Waals surface area contributed by atoms with Gasteiger partial charge in [-0.15, -0.1) is 34.8 Å². The number of fused-ring (bicyclic) bond motifs is 2. The number of halogens is 3. The molecule has 1 aliphatic carbocycles. The van der Waals surface area contributed by atoms with Crippen molar-refractivity contribution in [2.45, 2.75) is 38.5 Å². The second kappa shape index (κ2) is 13.1. The number of alkyl halides is 3. The van der Waals surface area contributed by atoms with Crippen LogP contribution in [0.15, 0.2) is 0 Å². The Balaban J connectivity index is 2.06. The van der Waals surface area contributed by atoms with Crippen LogP contribution in [0.1, 0.15) is 38.5 Å². The standard InChI is InChI=1S/C20H35Cl3O4/c21-7-2-10-24-13-18-19(14-25-11-3-8-22)5-1-6-20(18,17-27-16-19)15-26-12-4-9-23/h18H,1-17H2. The van der Waals surface area contributed by atoms with Gasteiger partial charge in [0.05, 0.1) is 33.0 Å². The zero-order chi connectivity index (χ0) is 19.4. The molecule has 0 aromatic rings. The van der Waals surface area contributed by atoms with Gasteiger partial charge in [-0.05, 0) is 32.1 Å². The molecule has 0 aromatic heterocycles. The first-order valence-electron chi connectivity index (χ1n) is 10.2. The van der Waals surface area contributed by atoms with E-state index in [4.69, 9.17) is 53.8 Å². The van der Waals surface area contributed by atoms with E-state index < -0.39 is 0 Å². The van der Waals surface area contributed by atoms with Gasteiger partial charge in [0.1, 0.15) is 0 Å². The zero-order valence-electron chi connectivity index (χ0n) is 16.4. The molecule has 0 spiro atoms. The minimum Gasteiger partial charge on any atom is -0.381 e. The maximum absolute atomic E-state index is 6.13. The highest BCUT2D eigenvalue weighted by Crippen LogP contribution is 2.55. The fourth-order valence-electron chi connectivity index (χ4n) is 4.60. The highest BCUT2D eigenvalue weighted by atomic mass is 35.5. The Morgan fingerprint density at radius 3 is 1.70 bits per heavy atom. The third-order valence-corrected chi connectivity index (χ3v) is 6.74. The van der Waals surface area contributed by atoms with Crippen LogP contribution in [-0.2, 0) is 18.9 Å². The summed E-state index contributed by atoms with van der Waals surface area (Å²) in [4.78, 5) is 0. The highest BCUT2D eigenvalue weighted by molar-refractivity contribution is 6.18. The maximum atomic E-state index is 6.13. The van der Waals surface area contributed by atoms with Crippen LogP contribution < -0.4 is 0 Å². The molecule has 0 radical (unpaired) electrons. The molecule has 2 atom stereocenters. The molecule has 0 aromatic carbocycles. The average molecular weight is 446 g/mol. The molecule has 2 fully saturated rings. The molecule has 1 heterocycles. The molecule has 0 amide bonds. The van der Waals surface area contributed by atoms with Gasteiger partial charge in [-0.1, -0.05) is 6.42 Å². The molecule has 1 saturated carbocycles. The van der Waals surface area contributed by atoms with Crippen molar-refractivity contribution in [2.75, 3.05) is 70.5 Å². The summed E-state index contributed by atoms with van der Waals surface area (Å²) in [6.07, 6.45) is 6.04. The third-order valence-electron chi connectivity index (χ3n) is 5.94. The molecule has 1 aliphatic heterocycles. The van der Waals surface area contributed by atoms with Gasteiger partial charge < -0.3 is 18.9 Å². The molecule has 160 valence electrons. The minimum atomic E-state index is -0.000375. The zero-order valence-corrected chi connectivity index (χ0v) is 18.6. The summed E-state index contributed by atoms with van der Waals surface area (Å²) in [6, 6.07) is 0. The fraction of sp³-hybridized carbons (Fsp3) is 1.00. The lowest BCUT2D eigenvalue weighted by atomic mass is 9.54. The first kappa shape index (κ1) is 24.0. The molecule has 1 saturated heterocycles. The molecule has 2 rings (SSSR count). The lowest BCUT2D eigenvalue weighted by Gasteiger charge is -2.57. The van der Waals surface area contributed by atoms with Crippen molar-refractivity contribution in [3.63, 3.8) is 0 Å². The molecule has 7 heteroatoms. The van der Waals surface area contributed by atoms with Crippen LogP contribution in [0.2, 0.25) is 0 Å². The Bertz CT molecular complexity index is 359. The van der Waals surface area contributed by atoms with E-state index in [-0.39, 0.29) is 10.8 Å². The smallest absolute Gasteiger partial charge is 0.0548 e. The Kier molecular flexibility index (Phi) is 11.6. The van der Waals surface area contributed by atoms with Crippen LogP contribution >= 0.6 is 34.8 Å². The maximum Gasteiger partial charge on any atom is 0.0548 e. The predicted molar refractivity (Wildman–Crippen MR) is 111 cm³/mol. The number of hydrogen-bond donors (Lipinski definition) is 0. The molecule has 2 bridgehead atoms. The number of hydrogen-bond acceptors (Lipinski definition) is 4. The van der Waals surface area contributed by atoms with Crippen molar-refractivity contribution in [3.8, 4) is 0 Å². The predicted octanol–water partition coefficient (Wildman–Crippen LogP) is 4.73. The van der Waals surface area contributed by atoms with Crippen LogP contribution in [0.3, 0.4) is 0 Å². The van der Waals surface area contributed by atoms with E-state index in [1.165, 1.54) is 6.42 Å². The van der Waals surface area contributed by atoms with Crippen LogP contribution in [-0.4, -0.2) is 70.5 Å². The van der Waals surface area contributed by atoms with E-state index in [1.807, 2.05) is 0 Å². The third kappa shape index (κ3) is 6.87. The van der Waals surface area contributed by atoms with Gasteiger partial charge in [0.15, 0.2) is 0 Å². The lowest BCUT2D eigenvalue weighted by Crippen LogP contribution is -2.60. The van der Waals surface area contributed by atoms with Gasteiger partial charge >= 0.3 is 0 Å². The van der Waals surface area contributed by atoms with E-state index in [0.29, 0.717) is 56.6 Å². The second-order valence-electron chi connectivity index (χ2n) is 7.93. The van der Waals surface area contributed by atoms with Crippen LogP contribution in [0.4, 0.5) is 0 Å². The van der Waals surface area contributed by atoms with Gasteiger partial charge in [-0.3, -0.25) is 0 Å². The monoisotopic (exact) mass is 444 g/mol. The first-order valence-corrected chi connectivity index (χ1v) is 11.8. The average Bonchev–Trinajstić information content (AvgIpc) is 2.66. The van der Waals surface area contributed by atoms with Gasteiger partial charge in [-0.2, -0.15) is 0 Å². The number of ether oxygens (including phenoxy) is 4. The summed E-state index contributed by atoms with van der Waals surface area (Å²) in [5, 5.41) is 0. The molecule has 0 N–H and O–H groups in total. The summed E-state index contributed by atoms with van der Waals surface area (Å²) < 4.78 is 24.3. The minimum absolute atomic E-state index is 0.000375. The number of rotatable bonds is 15. The van der Waals surface area contributed by atoms with E-state index in [9.17, 15) is 0 Å². The van der Waals surface area contributed by atoms with E-state index >= 15 is 0 Å². The van der Waals surface area contributed by atoms with Crippen molar-refractivity contribution < 1.29 is 18.9 Å². The molecule has 4 nitrogen and oxygen atoms in total. The van der Waals surface area contributed by atoms with E-state index in [2.05, 4.69) is 0 Å². The SMILES string of the molecule is ClCCCOCC1C2(COCCCCl)CCCC1(COCCCCl)COC2. The van der Waals surface area contributed by atoms with Crippen molar-refractivity contribution in [1.29, 1.82) is 0 Å². The normalized spacial score (nSPS) is 30.6. The molecular weight excluding hydrogens is 411 g/mol. The van der Waals surface area contributed by atoms with Crippen molar-refractivity contribution in [3.05, 3.63) is 0 Å². The summed E-state index contributed by atoms with van der Waals surface area (Å²) in [6.45, 7) is 5.70. The molecule has 2 aliphatic rings. The molecule has 27 heavy (non-hydrogen) atoms. The van der Waals surface area contributed by atoms with Gasteiger partial charge in [0, 0.05) is 54.2 Å². The van der Waals surface area contributed by atoms with E-state index in [0.717, 1.165) is 51.9 Å². The Hall–Kier alpha value is 0.710. The second-order valence-corrected chi connectivity index (χ2v) is 9.07. The Morgan fingerprint density at radius 1 is 0.741 bits per heavy atom. The van der Waals surface area contributed by atoms with Gasteiger partial charge in [0.2, 0.25) is 0 Å². The summed E-state index contributed by atoms with van der Waals surface area (Å²) in [5.74, 6) is 2.27. The van der Waals surface area contributed by atoms with Crippen LogP contribution in [0.25, 0.3) is 0 Å². The summed E-state index contributed by atoms with van der Waals surface area (Å²) in [5.41, 5.74) is -0.000750. The van der Waals surface area contributed by atoms with Gasteiger partial charge in [-0.25, -0.2) is 0 Å². The summed E-state index contributed by atoms with van der Waals surface area (Å²) >= 11 is 17.4. The molecular formula is C20H35Cl3O4. The largest absolute Gasteiger partial charge is 0.381 e. The quantitative estimate of drug-likeness (QED) is 0.270. The van der Waals surface area contributed by atoms with Crippen molar-refractivity contribution in [2.24, 2.45) is 16.7 Å². The van der Waals surface area contributed by atoms with Gasteiger partial charge in [0.25, 0.3) is 0 Å². The van der Waals surface area contributed by atoms with Crippen molar-refractivity contribution in [1.82, 2.24) is 0 Å². The van der Waals surface area contributed by atoms with Crippen molar-refractivity contribution >= 4 is 34.8 Å². The van der Waals surface area contributed by atoms with Crippen LogP contribution in [0, 0.1) is 16.7 Å². The first-order chi connectivity index (χ1) is 13.2. The van der Waals surface area contributed by atoms with Crippen LogP contribution in [0.5, 0.6) is 0 Å². The lowest BCUT2D eigenvalue weighted by molar-refractivity contribution is -0.224. The van der Waals surface area contributed by atoms with E-state index in [1.54, 1.807) is 0 Å².